The number of aryl methyl sites for hydroxylation is 1. The van der Waals surface area contributed by atoms with Crippen molar-refractivity contribution in [1.29, 1.82) is 0 Å². The molecule has 0 aliphatic heterocycles. The van der Waals surface area contributed by atoms with Crippen molar-refractivity contribution in [2.75, 3.05) is 5.43 Å². The van der Waals surface area contributed by atoms with Crippen LogP contribution in [0.2, 0.25) is 0 Å². The molecule has 20 heavy (non-hydrogen) atoms. The average molecular weight is 274 g/mol. The first-order chi connectivity index (χ1) is 9.88. The van der Waals surface area contributed by atoms with E-state index in [0.29, 0.717) is 5.92 Å². The van der Waals surface area contributed by atoms with Gasteiger partial charge in [0.1, 0.15) is 11.6 Å². The number of nitrogen functional groups attached to an aromatic ring is 1. The minimum Gasteiger partial charge on any atom is -0.308 e. The van der Waals surface area contributed by atoms with Crippen LogP contribution in [-0.4, -0.2) is 9.97 Å². The average Bonchev–Trinajstić information content (AvgIpc) is 2.46. The van der Waals surface area contributed by atoms with Gasteiger partial charge in [-0.1, -0.05) is 32.1 Å². The topological polar surface area (TPSA) is 63.8 Å². The molecular formula is C16H26N4. The number of fused-ring (bicyclic) bond motifs is 1. The number of anilines is 1. The lowest BCUT2D eigenvalue weighted by Gasteiger charge is -2.23. The summed E-state index contributed by atoms with van der Waals surface area (Å²) in [5, 5.41) is 0. The second kappa shape index (κ2) is 6.53. The number of nitrogens with zero attached hydrogens (tertiary/aromatic N) is 2. The lowest BCUT2D eigenvalue weighted by Crippen LogP contribution is -2.19. The Morgan fingerprint density at radius 1 is 0.850 bits per heavy atom. The molecule has 3 rings (SSSR count). The summed E-state index contributed by atoms with van der Waals surface area (Å²) < 4.78 is 0. The zero-order valence-electron chi connectivity index (χ0n) is 12.3. The highest BCUT2D eigenvalue weighted by atomic mass is 15.3. The first kappa shape index (κ1) is 13.8. The molecule has 0 saturated heterocycles. The minimum absolute atomic E-state index is 0.537. The van der Waals surface area contributed by atoms with E-state index in [2.05, 4.69) is 5.43 Å². The molecule has 1 fully saturated rings. The highest BCUT2D eigenvalue weighted by molar-refractivity contribution is 5.47. The van der Waals surface area contributed by atoms with E-state index in [1.54, 1.807) is 0 Å². The highest BCUT2D eigenvalue weighted by Gasteiger charge is 2.22. The van der Waals surface area contributed by atoms with Gasteiger partial charge in [-0.2, -0.15) is 0 Å². The molecule has 4 heteroatoms. The predicted molar refractivity (Wildman–Crippen MR) is 81.5 cm³/mol. The summed E-state index contributed by atoms with van der Waals surface area (Å²) in [4.78, 5) is 9.66. The van der Waals surface area contributed by atoms with Crippen molar-refractivity contribution >= 4 is 5.82 Å². The summed E-state index contributed by atoms with van der Waals surface area (Å²) in [5.74, 6) is 8.15. The van der Waals surface area contributed by atoms with Crippen LogP contribution in [0.25, 0.3) is 0 Å². The number of rotatable bonds is 2. The minimum atomic E-state index is 0.537. The molecule has 0 bridgehead atoms. The molecule has 0 aromatic carbocycles. The normalized spacial score (nSPS) is 20.9. The Balaban J connectivity index is 1.88. The molecule has 1 aromatic rings. The van der Waals surface area contributed by atoms with Gasteiger partial charge in [0.15, 0.2) is 0 Å². The van der Waals surface area contributed by atoms with Crippen molar-refractivity contribution in [2.24, 2.45) is 5.84 Å². The molecule has 0 spiro atoms. The number of hydrogen-bond acceptors (Lipinski definition) is 4. The van der Waals surface area contributed by atoms with E-state index in [0.717, 1.165) is 24.5 Å². The molecule has 1 saturated carbocycles. The van der Waals surface area contributed by atoms with E-state index in [9.17, 15) is 0 Å². The van der Waals surface area contributed by atoms with Crippen LogP contribution in [-0.2, 0) is 12.8 Å². The van der Waals surface area contributed by atoms with E-state index in [-0.39, 0.29) is 0 Å². The Kier molecular flexibility index (Phi) is 4.51. The van der Waals surface area contributed by atoms with E-state index in [1.807, 2.05) is 0 Å². The van der Waals surface area contributed by atoms with E-state index in [4.69, 9.17) is 15.8 Å². The van der Waals surface area contributed by atoms with Gasteiger partial charge in [-0.15, -0.1) is 0 Å². The highest BCUT2D eigenvalue weighted by Crippen LogP contribution is 2.32. The SMILES string of the molecule is NNc1nc(C2CCCCCCC2)nc2c1CCCC2. The van der Waals surface area contributed by atoms with Crippen molar-refractivity contribution in [3.8, 4) is 0 Å². The molecule has 110 valence electrons. The first-order valence-corrected chi connectivity index (χ1v) is 8.25. The fraction of sp³-hybridized carbons (Fsp3) is 0.750. The Morgan fingerprint density at radius 3 is 2.30 bits per heavy atom. The molecule has 0 atom stereocenters. The predicted octanol–water partition coefficient (Wildman–Crippen LogP) is 3.47. The second-order valence-electron chi connectivity index (χ2n) is 6.25. The van der Waals surface area contributed by atoms with Gasteiger partial charge in [0.2, 0.25) is 0 Å². The molecule has 0 radical (unpaired) electrons. The summed E-state index contributed by atoms with van der Waals surface area (Å²) in [7, 11) is 0. The molecule has 0 amide bonds. The maximum absolute atomic E-state index is 5.69. The Morgan fingerprint density at radius 2 is 1.55 bits per heavy atom. The molecule has 4 nitrogen and oxygen atoms in total. The zero-order chi connectivity index (χ0) is 13.8. The van der Waals surface area contributed by atoms with Crippen LogP contribution in [0, 0.1) is 0 Å². The Bertz CT molecular complexity index is 433. The quantitative estimate of drug-likeness (QED) is 0.640. The fourth-order valence-electron chi connectivity index (χ4n) is 3.63. The van der Waals surface area contributed by atoms with Crippen molar-refractivity contribution < 1.29 is 0 Å². The third-order valence-electron chi connectivity index (χ3n) is 4.81. The Labute approximate surface area is 121 Å². The third kappa shape index (κ3) is 2.95. The van der Waals surface area contributed by atoms with Gasteiger partial charge in [-0.3, -0.25) is 0 Å². The smallest absolute Gasteiger partial charge is 0.147 e. The standard InChI is InChI=1S/C16H26N4/c17-20-16-13-10-6-7-11-14(13)18-15(19-16)12-8-4-2-1-3-5-9-12/h12H,1-11,17H2,(H,18,19,20). The van der Waals surface area contributed by atoms with Crippen LogP contribution in [0.5, 0.6) is 0 Å². The molecule has 1 heterocycles. The molecule has 3 N–H and O–H groups in total. The molecule has 2 aliphatic carbocycles. The fourth-order valence-corrected chi connectivity index (χ4v) is 3.63. The summed E-state index contributed by atoms with van der Waals surface area (Å²) in [6.45, 7) is 0. The molecular weight excluding hydrogens is 248 g/mol. The largest absolute Gasteiger partial charge is 0.308 e. The number of hydrogen-bond donors (Lipinski definition) is 2. The lowest BCUT2D eigenvalue weighted by molar-refractivity contribution is 0.440. The molecule has 1 aromatic heterocycles. The number of nitrogens with two attached hydrogens (primary N) is 1. The van der Waals surface area contributed by atoms with Gasteiger partial charge in [-0.25, -0.2) is 15.8 Å². The lowest BCUT2D eigenvalue weighted by atomic mass is 9.89. The van der Waals surface area contributed by atoms with E-state index >= 15 is 0 Å². The number of hydrazine groups is 1. The van der Waals surface area contributed by atoms with Gasteiger partial charge in [-0.05, 0) is 38.5 Å². The maximum atomic E-state index is 5.69. The monoisotopic (exact) mass is 274 g/mol. The van der Waals surface area contributed by atoms with Crippen molar-refractivity contribution in [1.82, 2.24) is 9.97 Å². The van der Waals surface area contributed by atoms with E-state index in [1.165, 1.54) is 69.0 Å². The van der Waals surface area contributed by atoms with Crippen LogP contribution >= 0.6 is 0 Å². The number of aromatic nitrogens is 2. The molecule has 2 aliphatic rings. The summed E-state index contributed by atoms with van der Waals surface area (Å²) >= 11 is 0. The summed E-state index contributed by atoms with van der Waals surface area (Å²) in [6.07, 6.45) is 13.9. The molecule has 0 unspecified atom stereocenters. The van der Waals surface area contributed by atoms with Crippen LogP contribution in [0.1, 0.15) is 80.8 Å². The zero-order valence-corrected chi connectivity index (χ0v) is 12.3. The Hall–Kier alpha value is -1.16. The third-order valence-corrected chi connectivity index (χ3v) is 4.81. The van der Waals surface area contributed by atoms with Crippen molar-refractivity contribution in [2.45, 2.75) is 76.5 Å². The first-order valence-electron chi connectivity index (χ1n) is 8.25. The van der Waals surface area contributed by atoms with E-state index < -0.39 is 0 Å². The van der Waals surface area contributed by atoms with Gasteiger partial charge in [0.25, 0.3) is 0 Å². The van der Waals surface area contributed by atoms with Crippen molar-refractivity contribution in [3.05, 3.63) is 17.1 Å². The van der Waals surface area contributed by atoms with Crippen LogP contribution in [0.15, 0.2) is 0 Å². The van der Waals surface area contributed by atoms with Gasteiger partial charge < -0.3 is 5.43 Å². The van der Waals surface area contributed by atoms with Gasteiger partial charge in [0, 0.05) is 17.2 Å². The van der Waals surface area contributed by atoms with Gasteiger partial charge in [0.05, 0.1) is 0 Å². The van der Waals surface area contributed by atoms with Crippen LogP contribution < -0.4 is 11.3 Å². The van der Waals surface area contributed by atoms with Gasteiger partial charge >= 0.3 is 0 Å². The summed E-state index contributed by atoms with van der Waals surface area (Å²) in [5.41, 5.74) is 5.32. The van der Waals surface area contributed by atoms with Crippen LogP contribution in [0.3, 0.4) is 0 Å². The summed E-state index contributed by atoms with van der Waals surface area (Å²) in [6, 6.07) is 0. The number of nitrogens with one attached hydrogen (secondary N) is 1. The maximum Gasteiger partial charge on any atom is 0.147 e. The second-order valence-corrected chi connectivity index (χ2v) is 6.25. The van der Waals surface area contributed by atoms with Crippen molar-refractivity contribution in [3.63, 3.8) is 0 Å². The van der Waals surface area contributed by atoms with Crippen LogP contribution in [0.4, 0.5) is 5.82 Å².